The van der Waals surface area contributed by atoms with Gasteiger partial charge in [-0.1, -0.05) is 23.7 Å². The summed E-state index contributed by atoms with van der Waals surface area (Å²) >= 11 is 9.77. The molecule has 0 unspecified atom stereocenters. The first kappa shape index (κ1) is 12.1. The van der Waals surface area contributed by atoms with E-state index in [1.54, 1.807) is 18.1 Å². The molecule has 82 valence electrons. The fourth-order valence-electron chi connectivity index (χ4n) is 1.14. The van der Waals surface area contributed by atoms with Gasteiger partial charge in [0, 0.05) is 17.0 Å². The van der Waals surface area contributed by atoms with E-state index in [2.05, 4.69) is 32.6 Å². The molecule has 0 saturated heterocycles. The molecule has 0 saturated carbocycles. The zero-order chi connectivity index (χ0) is 11.4. The Bertz CT molecular complexity index is 476. The van der Waals surface area contributed by atoms with Crippen LogP contribution in [-0.2, 0) is 5.75 Å². The van der Waals surface area contributed by atoms with Crippen molar-refractivity contribution in [2.45, 2.75) is 10.8 Å². The second-order valence-electron chi connectivity index (χ2n) is 3.09. The van der Waals surface area contributed by atoms with Crippen molar-refractivity contribution >= 4 is 46.0 Å². The van der Waals surface area contributed by atoms with Crippen molar-refractivity contribution in [2.75, 3.05) is 0 Å². The quantitative estimate of drug-likeness (QED) is 0.468. The average Bonchev–Trinajstić information content (AvgIpc) is 2.30. The van der Waals surface area contributed by atoms with Gasteiger partial charge in [-0.15, -0.1) is 11.8 Å². The van der Waals surface area contributed by atoms with Gasteiger partial charge in [0.05, 0.1) is 3.57 Å². The maximum atomic E-state index is 5.83. The van der Waals surface area contributed by atoms with Crippen LogP contribution in [0.15, 0.2) is 41.8 Å². The van der Waals surface area contributed by atoms with Crippen molar-refractivity contribution in [2.24, 2.45) is 0 Å². The molecule has 0 atom stereocenters. The van der Waals surface area contributed by atoms with E-state index in [1.165, 1.54) is 5.56 Å². The topological polar surface area (TPSA) is 25.8 Å². The normalized spacial score (nSPS) is 10.4. The van der Waals surface area contributed by atoms with Crippen LogP contribution >= 0.6 is 46.0 Å². The monoisotopic (exact) mass is 362 g/mol. The fraction of sp³-hybridized carbons (Fsp3) is 0.0909. The number of hydrogen-bond acceptors (Lipinski definition) is 3. The number of hydrogen-bond donors (Lipinski definition) is 0. The Balaban J connectivity index is 2.02. The zero-order valence-corrected chi connectivity index (χ0v) is 12.0. The molecule has 0 bridgehead atoms. The van der Waals surface area contributed by atoms with E-state index in [0.717, 1.165) is 19.4 Å². The van der Waals surface area contributed by atoms with Crippen LogP contribution in [0.4, 0.5) is 0 Å². The summed E-state index contributed by atoms with van der Waals surface area (Å²) in [6, 6.07) is 7.87. The third kappa shape index (κ3) is 3.33. The van der Waals surface area contributed by atoms with Crippen LogP contribution in [0.5, 0.6) is 0 Å². The highest BCUT2D eigenvalue weighted by Gasteiger charge is 2.02. The van der Waals surface area contributed by atoms with Gasteiger partial charge < -0.3 is 0 Å². The van der Waals surface area contributed by atoms with Crippen LogP contribution in [0.1, 0.15) is 5.56 Å². The first-order chi connectivity index (χ1) is 7.75. The highest BCUT2D eigenvalue weighted by molar-refractivity contribution is 14.1. The lowest BCUT2D eigenvalue weighted by molar-refractivity contribution is 1.02. The summed E-state index contributed by atoms with van der Waals surface area (Å²) in [5.74, 6) is 0.893. The molecular weight excluding hydrogens is 355 g/mol. The Hall–Kier alpha value is -0.330. The first-order valence-electron chi connectivity index (χ1n) is 4.58. The van der Waals surface area contributed by atoms with Crippen LogP contribution in [-0.4, -0.2) is 9.97 Å². The molecule has 0 aliphatic heterocycles. The molecule has 0 radical (unpaired) electrons. The molecule has 0 N–H and O–H groups in total. The van der Waals surface area contributed by atoms with Crippen molar-refractivity contribution in [3.05, 3.63) is 50.9 Å². The maximum absolute atomic E-state index is 5.83. The highest BCUT2D eigenvalue weighted by Crippen LogP contribution is 2.24. The minimum Gasteiger partial charge on any atom is -0.244 e. The number of benzene rings is 1. The largest absolute Gasteiger partial charge is 0.244 e. The Morgan fingerprint density at radius 1 is 1.25 bits per heavy atom. The second-order valence-corrected chi connectivity index (χ2v) is 5.65. The molecule has 2 nitrogen and oxygen atoms in total. The molecule has 2 aromatic rings. The van der Waals surface area contributed by atoms with Gasteiger partial charge in [-0.2, -0.15) is 0 Å². The third-order valence-corrected chi connectivity index (χ3v) is 4.41. The Morgan fingerprint density at radius 2 is 2.00 bits per heavy atom. The Labute approximate surface area is 117 Å². The summed E-state index contributed by atoms with van der Waals surface area (Å²) in [6.07, 6.45) is 3.39. The third-order valence-electron chi connectivity index (χ3n) is 1.92. The molecule has 1 aromatic heterocycles. The van der Waals surface area contributed by atoms with Gasteiger partial charge in [0.2, 0.25) is 0 Å². The van der Waals surface area contributed by atoms with Crippen LogP contribution in [0.25, 0.3) is 0 Å². The minimum absolute atomic E-state index is 0.769. The maximum Gasteiger partial charge on any atom is 0.116 e. The molecular formula is C11H8ClIN2S. The van der Waals surface area contributed by atoms with Crippen LogP contribution in [0, 0.1) is 3.57 Å². The molecule has 0 aliphatic rings. The molecule has 1 aromatic carbocycles. The predicted octanol–water partition coefficient (Wildman–Crippen LogP) is 4.03. The van der Waals surface area contributed by atoms with Crippen molar-refractivity contribution < 1.29 is 0 Å². The first-order valence-corrected chi connectivity index (χ1v) is 7.02. The van der Waals surface area contributed by atoms with E-state index < -0.39 is 0 Å². The smallest absolute Gasteiger partial charge is 0.116 e. The van der Waals surface area contributed by atoms with Crippen molar-refractivity contribution in [1.82, 2.24) is 9.97 Å². The Morgan fingerprint density at radius 3 is 2.69 bits per heavy atom. The van der Waals surface area contributed by atoms with Crippen molar-refractivity contribution in [3.63, 3.8) is 0 Å². The van der Waals surface area contributed by atoms with Crippen LogP contribution < -0.4 is 0 Å². The molecule has 1 heterocycles. The molecule has 0 amide bonds. The highest BCUT2D eigenvalue weighted by atomic mass is 127. The number of halogens is 2. The summed E-state index contributed by atoms with van der Waals surface area (Å²) in [7, 11) is 0. The van der Waals surface area contributed by atoms with Gasteiger partial charge in [-0.25, -0.2) is 9.97 Å². The molecule has 0 spiro atoms. The molecule has 0 aliphatic carbocycles. The predicted molar refractivity (Wildman–Crippen MR) is 75.8 cm³/mol. The van der Waals surface area contributed by atoms with Gasteiger partial charge in [0.15, 0.2) is 0 Å². The Kier molecular flexibility index (Phi) is 4.43. The van der Waals surface area contributed by atoms with Gasteiger partial charge in [0.1, 0.15) is 11.4 Å². The number of aromatic nitrogens is 2. The van der Waals surface area contributed by atoms with Gasteiger partial charge in [-0.05, 0) is 40.3 Å². The van der Waals surface area contributed by atoms with E-state index in [-0.39, 0.29) is 0 Å². The van der Waals surface area contributed by atoms with Gasteiger partial charge in [0.25, 0.3) is 0 Å². The molecule has 16 heavy (non-hydrogen) atoms. The van der Waals surface area contributed by atoms with Gasteiger partial charge >= 0.3 is 0 Å². The average molecular weight is 363 g/mol. The SMILES string of the molecule is Clc1ccc(CSc2ncncc2I)cc1. The van der Waals surface area contributed by atoms with Crippen LogP contribution in [0.2, 0.25) is 5.02 Å². The summed E-state index contributed by atoms with van der Waals surface area (Å²) in [5, 5.41) is 1.79. The molecule has 2 rings (SSSR count). The van der Waals surface area contributed by atoms with Crippen LogP contribution in [0.3, 0.4) is 0 Å². The number of rotatable bonds is 3. The fourth-order valence-corrected chi connectivity index (χ4v) is 2.84. The lowest BCUT2D eigenvalue weighted by Gasteiger charge is -2.02. The summed E-state index contributed by atoms with van der Waals surface area (Å²) in [5.41, 5.74) is 1.24. The standard InChI is InChI=1S/C11H8ClIN2S/c12-9-3-1-8(2-4-9)6-16-11-10(13)5-14-7-15-11/h1-5,7H,6H2. The summed E-state index contributed by atoms with van der Waals surface area (Å²) < 4.78 is 1.08. The second kappa shape index (κ2) is 5.84. The van der Waals surface area contributed by atoms with E-state index in [9.17, 15) is 0 Å². The lowest BCUT2D eigenvalue weighted by atomic mass is 10.2. The van der Waals surface area contributed by atoms with E-state index >= 15 is 0 Å². The van der Waals surface area contributed by atoms with Crippen molar-refractivity contribution in [3.8, 4) is 0 Å². The van der Waals surface area contributed by atoms with E-state index in [1.807, 2.05) is 30.5 Å². The molecule has 5 heteroatoms. The van der Waals surface area contributed by atoms with E-state index in [0.29, 0.717) is 0 Å². The molecule has 0 fully saturated rings. The van der Waals surface area contributed by atoms with Crippen molar-refractivity contribution in [1.29, 1.82) is 0 Å². The number of nitrogens with zero attached hydrogens (tertiary/aromatic N) is 2. The summed E-state index contributed by atoms with van der Waals surface area (Å²) in [6.45, 7) is 0. The van der Waals surface area contributed by atoms with Gasteiger partial charge in [-0.3, -0.25) is 0 Å². The van der Waals surface area contributed by atoms with E-state index in [4.69, 9.17) is 11.6 Å². The minimum atomic E-state index is 0.769. The summed E-state index contributed by atoms with van der Waals surface area (Å²) in [4.78, 5) is 8.19. The number of thioether (sulfide) groups is 1. The lowest BCUT2D eigenvalue weighted by Crippen LogP contribution is -1.88. The zero-order valence-electron chi connectivity index (χ0n) is 8.23.